The van der Waals surface area contributed by atoms with Crippen molar-refractivity contribution in [2.45, 2.75) is 25.3 Å². The van der Waals surface area contributed by atoms with Gasteiger partial charge in [0.05, 0.1) is 0 Å². The van der Waals surface area contributed by atoms with Gasteiger partial charge in [0.25, 0.3) is 0 Å². The van der Waals surface area contributed by atoms with Crippen molar-refractivity contribution in [1.29, 1.82) is 0 Å². The van der Waals surface area contributed by atoms with Crippen molar-refractivity contribution in [2.24, 2.45) is 0 Å². The van der Waals surface area contributed by atoms with Crippen LogP contribution in [0.3, 0.4) is 0 Å². The molecule has 0 aromatic carbocycles. The molecular formula is C11H14ClN3. The average Bonchev–Trinajstić information content (AvgIpc) is 2.17. The minimum atomic E-state index is 0.434. The van der Waals surface area contributed by atoms with Crippen molar-refractivity contribution < 1.29 is 0 Å². The SMILES string of the molecule is Nc1cc(Cl)nc(NC2CC=CCC2)c1. The number of nitrogens with two attached hydrogens (primary N) is 1. The van der Waals surface area contributed by atoms with Gasteiger partial charge < -0.3 is 11.1 Å². The van der Waals surface area contributed by atoms with Gasteiger partial charge in [-0.25, -0.2) is 4.98 Å². The molecule has 0 radical (unpaired) electrons. The number of anilines is 2. The van der Waals surface area contributed by atoms with Crippen molar-refractivity contribution >= 4 is 23.1 Å². The van der Waals surface area contributed by atoms with Crippen LogP contribution in [0.2, 0.25) is 5.15 Å². The zero-order valence-electron chi connectivity index (χ0n) is 8.41. The van der Waals surface area contributed by atoms with Crippen LogP contribution in [0.5, 0.6) is 0 Å². The summed E-state index contributed by atoms with van der Waals surface area (Å²) < 4.78 is 0. The molecule has 0 aliphatic heterocycles. The first-order valence-electron chi connectivity index (χ1n) is 5.08. The maximum Gasteiger partial charge on any atom is 0.133 e. The molecule has 0 fully saturated rings. The van der Waals surface area contributed by atoms with E-state index in [2.05, 4.69) is 22.5 Å². The van der Waals surface area contributed by atoms with Gasteiger partial charge in [-0.1, -0.05) is 23.8 Å². The van der Waals surface area contributed by atoms with E-state index in [-0.39, 0.29) is 0 Å². The molecule has 1 aromatic heterocycles. The third-order valence-electron chi connectivity index (χ3n) is 2.44. The van der Waals surface area contributed by atoms with Crippen molar-refractivity contribution in [1.82, 2.24) is 4.98 Å². The Bertz CT molecular complexity index is 356. The lowest BCUT2D eigenvalue weighted by Gasteiger charge is -2.20. The molecule has 3 N–H and O–H groups in total. The van der Waals surface area contributed by atoms with Crippen LogP contribution in [0.4, 0.5) is 11.5 Å². The molecule has 0 spiro atoms. The zero-order chi connectivity index (χ0) is 10.7. The minimum absolute atomic E-state index is 0.434. The molecule has 2 rings (SSSR count). The van der Waals surface area contributed by atoms with Crippen molar-refractivity contribution in [2.75, 3.05) is 11.1 Å². The van der Waals surface area contributed by atoms with Crippen LogP contribution in [-0.4, -0.2) is 11.0 Å². The predicted molar refractivity (Wildman–Crippen MR) is 64.1 cm³/mol. The smallest absolute Gasteiger partial charge is 0.133 e. The second-order valence-electron chi connectivity index (χ2n) is 3.73. The summed E-state index contributed by atoms with van der Waals surface area (Å²) in [5, 5.41) is 3.77. The van der Waals surface area contributed by atoms with E-state index < -0.39 is 0 Å². The van der Waals surface area contributed by atoms with E-state index in [4.69, 9.17) is 17.3 Å². The van der Waals surface area contributed by atoms with Gasteiger partial charge in [-0.05, 0) is 25.3 Å². The predicted octanol–water partition coefficient (Wildman–Crippen LogP) is 2.84. The van der Waals surface area contributed by atoms with E-state index in [9.17, 15) is 0 Å². The normalized spacial score (nSPS) is 20.2. The number of hydrogen-bond donors (Lipinski definition) is 2. The molecular weight excluding hydrogens is 210 g/mol. The Labute approximate surface area is 94.3 Å². The summed E-state index contributed by atoms with van der Waals surface area (Å²) in [5.74, 6) is 0.764. The highest BCUT2D eigenvalue weighted by Crippen LogP contribution is 2.20. The Morgan fingerprint density at radius 1 is 1.40 bits per heavy atom. The van der Waals surface area contributed by atoms with E-state index in [0.29, 0.717) is 16.9 Å². The molecule has 1 aliphatic carbocycles. The lowest BCUT2D eigenvalue weighted by molar-refractivity contribution is 0.642. The number of rotatable bonds is 2. The van der Waals surface area contributed by atoms with Crippen LogP contribution in [0.1, 0.15) is 19.3 Å². The first kappa shape index (κ1) is 10.3. The fourth-order valence-corrected chi connectivity index (χ4v) is 1.94. The van der Waals surface area contributed by atoms with E-state index in [0.717, 1.165) is 25.1 Å². The topological polar surface area (TPSA) is 50.9 Å². The van der Waals surface area contributed by atoms with Crippen LogP contribution in [0, 0.1) is 0 Å². The Kier molecular flexibility index (Phi) is 3.11. The number of pyridine rings is 1. The largest absolute Gasteiger partial charge is 0.399 e. The fourth-order valence-electron chi connectivity index (χ4n) is 1.72. The third kappa shape index (κ3) is 2.86. The van der Waals surface area contributed by atoms with E-state index in [1.807, 2.05) is 6.07 Å². The number of nitrogens with one attached hydrogen (secondary N) is 1. The van der Waals surface area contributed by atoms with Crippen molar-refractivity contribution in [3.8, 4) is 0 Å². The molecule has 1 aromatic rings. The van der Waals surface area contributed by atoms with Gasteiger partial charge in [-0.15, -0.1) is 0 Å². The Hall–Kier alpha value is -1.22. The van der Waals surface area contributed by atoms with Gasteiger partial charge in [0.1, 0.15) is 11.0 Å². The summed E-state index contributed by atoms with van der Waals surface area (Å²) in [5.41, 5.74) is 6.33. The van der Waals surface area contributed by atoms with Gasteiger partial charge in [-0.2, -0.15) is 0 Å². The highest BCUT2D eigenvalue weighted by atomic mass is 35.5. The number of nitrogens with zero attached hydrogens (tertiary/aromatic N) is 1. The lowest BCUT2D eigenvalue weighted by Crippen LogP contribution is -2.20. The molecule has 1 aliphatic rings. The molecule has 1 heterocycles. The number of nitrogen functional groups attached to an aromatic ring is 1. The third-order valence-corrected chi connectivity index (χ3v) is 2.63. The Morgan fingerprint density at radius 3 is 2.93 bits per heavy atom. The van der Waals surface area contributed by atoms with Gasteiger partial charge in [0.2, 0.25) is 0 Å². The first-order valence-corrected chi connectivity index (χ1v) is 5.46. The zero-order valence-corrected chi connectivity index (χ0v) is 9.17. The van der Waals surface area contributed by atoms with Crippen molar-refractivity contribution in [3.63, 3.8) is 0 Å². The quantitative estimate of drug-likeness (QED) is 0.599. The van der Waals surface area contributed by atoms with Gasteiger partial charge in [0, 0.05) is 17.8 Å². The molecule has 3 nitrogen and oxygen atoms in total. The summed E-state index contributed by atoms with van der Waals surface area (Å²) in [7, 11) is 0. The number of halogens is 1. The summed E-state index contributed by atoms with van der Waals surface area (Å²) in [4.78, 5) is 4.18. The number of aromatic nitrogens is 1. The van der Waals surface area contributed by atoms with Gasteiger partial charge in [0.15, 0.2) is 0 Å². The standard InChI is InChI=1S/C11H14ClN3/c12-10-6-8(13)7-11(15-10)14-9-4-2-1-3-5-9/h1-2,6-7,9H,3-5H2,(H3,13,14,15). The second kappa shape index (κ2) is 4.53. The minimum Gasteiger partial charge on any atom is -0.399 e. The second-order valence-corrected chi connectivity index (χ2v) is 4.12. The fraction of sp³-hybridized carbons (Fsp3) is 0.364. The molecule has 0 amide bonds. The highest BCUT2D eigenvalue weighted by Gasteiger charge is 2.10. The van der Waals surface area contributed by atoms with E-state index >= 15 is 0 Å². The van der Waals surface area contributed by atoms with Crippen LogP contribution in [-0.2, 0) is 0 Å². The summed E-state index contributed by atoms with van der Waals surface area (Å²) in [6.07, 6.45) is 7.68. The van der Waals surface area contributed by atoms with E-state index in [1.165, 1.54) is 0 Å². The highest BCUT2D eigenvalue weighted by molar-refractivity contribution is 6.29. The summed E-state index contributed by atoms with van der Waals surface area (Å²) in [6, 6.07) is 3.90. The molecule has 15 heavy (non-hydrogen) atoms. The monoisotopic (exact) mass is 223 g/mol. The first-order chi connectivity index (χ1) is 7.24. The number of allylic oxidation sites excluding steroid dienone is 1. The Balaban J connectivity index is 2.06. The molecule has 1 unspecified atom stereocenters. The van der Waals surface area contributed by atoms with Crippen LogP contribution in [0.25, 0.3) is 0 Å². The summed E-state index contributed by atoms with van der Waals surface area (Å²) >= 11 is 5.82. The van der Waals surface area contributed by atoms with E-state index in [1.54, 1.807) is 6.07 Å². The molecule has 0 bridgehead atoms. The van der Waals surface area contributed by atoms with Crippen LogP contribution in [0.15, 0.2) is 24.3 Å². The molecule has 1 atom stereocenters. The lowest BCUT2D eigenvalue weighted by atomic mass is 10.0. The average molecular weight is 224 g/mol. The van der Waals surface area contributed by atoms with Gasteiger partial charge in [-0.3, -0.25) is 0 Å². The Morgan fingerprint density at radius 2 is 2.27 bits per heavy atom. The van der Waals surface area contributed by atoms with Crippen LogP contribution >= 0.6 is 11.6 Å². The number of hydrogen-bond acceptors (Lipinski definition) is 3. The molecule has 80 valence electrons. The molecule has 0 saturated carbocycles. The summed E-state index contributed by atoms with van der Waals surface area (Å²) in [6.45, 7) is 0. The molecule has 4 heteroatoms. The molecule has 0 saturated heterocycles. The van der Waals surface area contributed by atoms with Crippen LogP contribution < -0.4 is 11.1 Å². The maximum absolute atomic E-state index is 5.82. The maximum atomic E-state index is 5.82. The van der Waals surface area contributed by atoms with Crippen molar-refractivity contribution in [3.05, 3.63) is 29.4 Å². The van der Waals surface area contributed by atoms with Gasteiger partial charge >= 0.3 is 0 Å².